The number of nitrogens with one attached hydrogen (secondary N) is 1. The minimum absolute atomic E-state index is 0.191. The predicted molar refractivity (Wildman–Crippen MR) is 65.6 cm³/mol. The van der Waals surface area contributed by atoms with E-state index in [1.807, 2.05) is 13.8 Å². The maximum atomic E-state index is 13.4. The molecule has 6 heteroatoms. The van der Waals surface area contributed by atoms with Crippen LogP contribution in [0.4, 0.5) is 8.78 Å². The molecule has 0 bridgehead atoms. The molecule has 0 saturated carbocycles. The summed E-state index contributed by atoms with van der Waals surface area (Å²) in [6, 6.07) is 2.38. The van der Waals surface area contributed by atoms with E-state index in [1.165, 1.54) is 0 Å². The van der Waals surface area contributed by atoms with Crippen LogP contribution in [0.5, 0.6) is 0 Å². The highest BCUT2D eigenvalue weighted by Gasteiger charge is 2.20. The van der Waals surface area contributed by atoms with E-state index in [9.17, 15) is 17.2 Å². The highest BCUT2D eigenvalue weighted by Crippen LogP contribution is 2.16. The minimum atomic E-state index is -3.99. The first-order chi connectivity index (χ1) is 8.40. The maximum absolute atomic E-state index is 13.4. The summed E-state index contributed by atoms with van der Waals surface area (Å²) in [5.41, 5.74) is 0. The van der Waals surface area contributed by atoms with Crippen molar-refractivity contribution in [3.8, 4) is 0 Å². The van der Waals surface area contributed by atoms with Crippen LogP contribution in [-0.4, -0.2) is 15.0 Å². The van der Waals surface area contributed by atoms with Crippen molar-refractivity contribution in [3.63, 3.8) is 0 Å². The number of hydrogen-bond acceptors (Lipinski definition) is 2. The van der Waals surface area contributed by atoms with E-state index in [1.54, 1.807) is 0 Å². The fourth-order valence-corrected chi connectivity index (χ4v) is 2.77. The first kappa shape index (κ1) is 15.0. The molecule has 102 valence electrons. The van der Waals surface area contributed by atoms with E-state index in [4.69, 9.17) is 0 Å². The third kappa shape index (κ3) is 3.74. The van der Waals surface area contributed by atoms with Crippen molar-refractivity contribution < 1.29 is 17.2 Å². The van der Waals surface area contributed by atoms with Gasteiger partial charge in [0.25, 0.3) is 0 Å². The van der Waals surface area contributed by atoms with Gasteiger partial charge in [0, 0.05) is 6.54 Å². The number of rotatable bonds is 6. The summed E-state index contributed by atoms with van der Waals surface area (Å²) in [4.78, 5) is -0.645. The number of sulfonamides is 1. The molecule has 0 aliphatic rings. The van der Waals surface area contributed by atoms with Crippen LogP contribution < -0.4 is 4.72 Å². The average molecular weight is 277 g/mol. The summed E-state index contributed by atoms with van der Waals surface area (Å²) in [5, 5.41) is 0. The molecular formula is C12H17F2NO2S. The molecule has 0 unspecified atom stereocenters. The van der Waals surface area contributed by atoms with Crippen LogP contribution >= 0.6 is 0 Å². The number of hydrogen-bond donors (Lipinski definition) is 1. The zero-order chi connectivity index (χ0) is 13.8. The van der Waals surface area contributed by atoms with Gasteiger partial charge in [-0.1, -0.05) is 26.7 Å². The lowest BCUT2D eigenvalue weighted by Gasteiger charge is -2.13. The van der Waals surface area contributed by atoms with Crippen LogP contribution in [0.15, 0.2) is 23.1 Å². The first-order valence-corrected chi connectivity index (χ1v) is 7.33. The van der Waals surface area contributed by atoms with Crippen molar-refractivity contribution in [2.45, 2.75) is 31.6 Å². The first-order valence-electron chi connectivity index (χ1n) is 5.85. The Morgan fingerprint density at radius 1 is 1.22 bits per heavy atom. The molecule has 1 aromatic carbocycles. The van der Waals surface area contributed by atoms with Gasteiger partial charge in [0.2, 0.25) is 10.0 Å². The van der Waals surface area contributed by atoms with Crippen LogP contribution in [0.3, 0.4) is 0 Å². The Kier molecular flexibility index (Phi) is 5.22. The largest absolute Gasteiger partial charge is 0.243 e. The molecule has 0 amide bonds. The summed E-state index contributed by atoms with van der Waals surface area (Å²) in [7, 11) is -3.99. The molecule has 0 aliphatic carbocycles. The third-order valence-electron chi connectivity index (χ3n) is 2.90. The lowest BCUT2D eigenvalue weighted by Crippen LogP contribution is -2.29. The second-order valence-electron chi connectivity index (χ2n) is 4.11. The van der Waals surface area contributed by atoms with Gasteiger partial charge in [-0.3, -0.25) is 0 Å². The Bertz CT molecular complexity index is 499. The molecule has 0 heterocycles. The van der Waals surface area contributed by atoms with E-state index in [0.717, 1.165) is 25.0 Å². The zero-order valence-corrected chi connectivity index (χ0v) is 11.2. The molecule has 1 N–H and O–H groups in total. The highest BCUT2D eigenvalue weighted by molar-refractivity contribution is 7.89. The molecule has 0 aromatic heterocycles. The summed E-state index contributed by atoms with van der Waals surface area (Å²) in [5.74, 6) is -1.54. The molecule has 0 aliphatic heterocycles. The monoisotopic (exact) mass is 277 g/mol. The van der Waals surface area contributed by atoms with Gasteiger partial charge in [0.05, 0.1) is 0 Å². The molecule has 0 spiro atoms. The fourth-order valence-electron chi connectivity index (χ4n) is 1.57. The molecule has 1 rings (SSSR count). The van der Waals surface area contributed by atoms with E-state index < -0.39 is 26.6 Å². The van der Waals surface area contributed by atoms with E-state index in [-0.39, 0.29) is 12.5 Å². The van der Waals surface area contributed by atoms with E-state index in [0.29, 0.717) is 6.07 Å². The van der Waals surface area contributed by atoms with Crippen molar-refractivity contribution in [2.75, 3.05) is 6.54 Å². The van der Waals surface area contributed by atoms with Crippen LogP contribution in [-0.2, 0) is 10.0 Å². The topological polar surface area (TPSA) is 46.2 Å². The van der Waals surface area contributed by atoms with E-state index >= 15 is 0 Å². The van der Waals surface area contributed by atoms with Gasteiger partial charge in [-0.15, -0.1) is 0 Å². The van der Waals surface area contributed by atoms with Gasteiger partial charge >= 0.3 is 0 Å². The Morgan fingerprint density at radius 2 is 1.83 bits per heavy atom. The predicted octanol–water partition coefficient (Wildman–Crippen LogP) is 2.68. The second kappa shape index (κ2) is 6.24. The standard InChI is InChI=1S/C12H17F2NO2S/c1-3-9(4-2)8-15-18(16,17)12-7-10(13)5-6-11(12)14/h5-7,9,15H,3-4,8H2,1-2H3. The number of benzene rings is 1. The van der Waals surface area contributed by atoms with Crippen LogP contribution in [0, 0.1) is 17.6 Å². The van der Waals surface area contributed by atoms with Crippen LogP contribution in [0.2, 0.25) is 0 Å². The zero-order valence-electron chi connectivity index (χ0n) is 10.4. The molecule has 0 atom stereocenters. The third-order valence-corrected chi connectivity index (χ3v) is 4.34. The quantitative estimate of drug-likeness (QED) is 0.869. The SMILES string of the molecule is CCC(CC)CNS(=O)(=O)c1cc(F)ccc1F. The van der Waals surface area contributed by atoms with Crippen LogP contribution in [0.1, 0.15) is 26.7 Å². The van der Waals surface area contributed by atoms with Crippen molar-refractivity contribution in [3.05, 3.63) is 29.8 Å². The Hall–Kier alpha value is -1.01. The van der Waals surface area contributed by atoms with E-state index in [2.05, 4.69) is 4.72 Å². The summed E-state index contributed by atoms with van der Waals surface area (Å²) in [6.45, 7) is 4.13. The summed E-state index contributed by atoms with van der Waals surface area (Å²) in [6.07, 6.45) is 1.65. The van der Waals surface area contributed by atoms with Gasteiger partial charge in [0.1, 0.15) is 16.5 Å². The average Bonchev–Trinajstić information content (AvgIpc) is 2.33. The molecule has 0 saturated heterocycles. The van der Waals surface area contributed by atoms with Gasteiger partial charge < -0.3 is 0 Å². The fraction of sp³-hybridized carbons (Fsp3) is 0.500. The molecular weight excluding hydrogens is 260 g/mol. The molecule has 1 aromatic rings. The van der Waals surface area contributed by atoms with Crippen molar-refractivity contribution in [1.82, 2.24) is 4.72 Å². The smallest absolute Gasteiger partial charge is 0.211 e. The molecule has 3 nitrogen and oxygen atoms in total. The van der Waals surface area contributed by atoms with Gasteiger partial charge in [-0.25, -0.2) is 21.9 Å². The lowest BCUT2D eigenvalue weighted by atomic mass is 10.0. The lowest BCUT2D eigenvalue weighted by molar-refractivity contribution is 0.476. The Morgan fingerprint density at radius 3 is 2.39 bits per heavy atom. The van der Waals surface area contributed by atoms with Crippen molar-refractivity contribution >= 4 is 10.0 Å². The van der Waals surface area contributed by atoms with Gasteiger partial charge in [-0.05, 0) is 24.1 Å². The second-order valence-corrected chi connectivity index (χ2v) is 5.84. The number of halogens is 2. The Labute approximate surface area is 106 Å². The minimum Gasteiger partial charge on any atom is -0.211 e. The van der Waals surface area contributed by atoms with Gasteiger partial charge in [0.15, 0.2) is 0 Å². The summed E-state index contributed by atoms with van der Waals surface area (Å²) >= 11 is 0. The van der Waals surface area contributed by atoms with Gasteiger partial charge in [-0.2, -0.15) is 0 Å². The highest BCUT2D eigenvalue weighted by atomic mass is 32.2. The molecule has 0 fully saturated rings. The molecule has 18 heavy (non-hydrogen) atoms. The maximum Gasteiger partial charge on any atom is 0.243 e. The van der Waals surface area contributed by atoms with Crippen molar-refractivity contribution in [2.24, 2.45) is 5.92 Å². The van der Waals surface area contributed by atoms with Crippen molar-refractivity contribution in [1.29, 1.82) is 0 Å². The molecule has 0 radical (unpaired) electrons. The van der Waals surface area contributed by atoms with Crippen LogP contribution in [0.25, 0.3) is 0 Å². The Balaban J connectivity index is 2.89. The normalized spacial score (nSPS) is 12.1. The summed E-state index contributed by atoms with van der Waals surface area (Å²) < 4.78 is 52.3.